The molecule has 0 aliphatic rings. The molecule has 1 aromatic carbocycles. The first-order valence-corrected chi connectivity index (χ1v) is 6.77. The van der Waals surface area contributed by atoms with Crippen molar-refractivity contribution < 1.29 is 9.13 Å². The largest absolute Gasteiger partial charge is 0.436 e. The molecule has 0 radical (unpaired) electrons. The maximum atomic E-state index is 14.3. The molecular weight excluding hydrogens is 279 g/mol. The van der Waals surface area contributed by atoms with Crippen LogP contribution in [0, 0.1) is 12.7 Å². The van der Waals surface area contributed by atoms with E-state index < -0.39 is 5.82 Å². The zero-order valence-corrected chi connectivity index (χ0v) is 12.2. The number of nitrogens with one attached hydrogen (secondary N) is 1. The highest BCUT2D eigenvalue weighted by molar-refractivity contribution is 6.30. The van der Waals surface area contributed by atoms with Crippen LogP contribution >= 0.6 is 11.6 Å². The van der Waals surface area contributed by atoms with Crippen molar-refractivity contribution in [3.63, 3.8) is 0 Å². The topological polar surface area (TPSA) is 34.2 Å². The number of halogens is 2. The van der Waals surface area contributed by atoms with Crippen molar-refractivity contribution in [1.29, 1.82) is 0 Å². The van der Waals surface area contributed by atoms with Crippen molar-refractivity contribution in [3.05, 3.63) is 52.4 Å². The Labute approximate surface area is 122 Å². The maximum absolute atomic E-state index is 14.3. The molecule has 0 bridgehead atoms. The summed E-state index contributed by atoms with van der Waals surface area (Å²) in [7, 11) is 0. The highest BCUT2D eigenvalue weighted by Crippen LogP contribution is 2.29. The van der Waals surface area contributed by atoms with Crippen LogP contribution in [0.25, 0.3) is 0 Å². The van der Waals surface area contributed by atoms with Crippen molar-refractivity contribution in [2.75, 3.05) is 6.54 Å². The van der Waals surface area contributed by atoms with Gasteiger partial charge in [-0.15, -0.1) is 0 Å². The van der Waals surface area contributed by atoms with Crippen LogP contribution < -0.4 is 10.1 Å². The Balaban J connectivity index is 2.27. The maximum Gasteiger partial charge on any atom is 0.256 e. The molecule has 0 saturated carbocycles. The van der Waals surface area contributed by atoms with Crippen LogP contribution in [-0.4, -0.2) is 11.5 Å². The molecule has 0 saturated heterocycles. The number of aryl methyl sites for hydroxylation is 1. The van der Waals surface area contributed by atoms with Gasteiger partial charge in [0, 0.05) is 23.3 Å². The lowest BCUT2D eigenvalue weighted by molar-refractivity contribution is 0.415. The molecule has 1 N–H and O–H groups in total. The minimum absolute atomic E-state index is 0.0363. The van der Waals surface area contributed by atoms with E-state index in [0.717, 1.165) is 12.1 Å². The highest BCUT2D eigenvalue weighted by Gasteiger charge is 2.12. The summed E-state index contributed by atoms with van der Waals surface area (Å²) in [5.74, 6) is 0.0168. The van der Waals surface area contributed by atoms with E-state index in [-0.39, 0.29) is 5.88 Å². The first kappa shape index (κ1) is 14.8. The zero-order chi connectivity index (χ0) is 14.5. The van der Waals surface area contributed by atoms with Gasteiger partial charge in [-0.05, 0) is 37.2 Å². The number of rotatable bonds is 5. The van der Waals surface area contributed by atoms with Gasteiger partial charge in [-0.1, -0.05) is 24.6 Å². The molecule has 0 atom stereocenters. The quantitative estimate of drug-likeness (QED) is 0.902. The predicted molar refractivity (Wildman–Crippen MR) is 77.8 cm³/mol. The van der Waals surface area contributed by atoms with Gasteiger partial charge in [0.05, 0.1) is 0 Å². The fourth-order valence-corrected chi connectivity index (χ4v) is 1.88. The van der Waals surface area contributed by atoms with Crippen molar-refractivity contribution >= 4 is 11.6 Å². The van der Waals surface area contributed by atoms with E-state index in [1.54, 1.807) is 18.2 Å². The Kier molecular flexibility index (Phi) is 4.93. The van der Waals surface area contributed by atoms with Crippen LogP contribution in [0.5, 0.6) is 11.6 Å². The molecule has 0 spiro atoms. The second-order valence-electron chi connectivity index (χ2n) is 4.38. The lowest BCUT2D eigenvalue weighted by Crippen LogP contribution is -2.13. The van der Waals surface area contributed by atoms with Crippen LogP contribution in [0.4, 0.5) is 4.39 Å². The normalized spacial score (nSPS) is 10.6. The minimum atomic E-state index is -0.451. The smallest absolute Gasteiger partial charge is 0.256 e. The second-order valence-corrected chi connectivity index (χ2v) is 4.82. The zero-order valence-electron chi connectivity index (χ0n) is 11.4. The number of hydrogen-bond donors (Lipinski definition) is 1. The van der Waals surface area contributed by atoms with Gasteiger partial charge >= 0.3 is 0 Å². The molecular formula is C15H16ClFN2O. The first-order chi connectivity index (χ1) is 9.61. The fraction of sp³-hybridized carbons (Fsp3) is 0.267. The molecule has 0 amide bonds. The summed E-state index contributed by atoms with van der Waals surface area (Å²) in [6.45, 7) is 5.04. The molecule has 106 valence electrons. The third-order valence-electron chi connectivity index (χ3n) is 2.86. The van der Waals surface area contributed by atoms with E-state index in [1.807, 2.05) is 19.9 Å². The minimum Gasteiger partial charge on any atom is -0.436 e. The van der Waals surface area contributed by atoms with Crippen molar-refractivity contribution in [2.45, 2.75) is 20.4 Å². The summed E-state index contributed by atoms with van der Waals surface area (Å²) in [6.07, 6.45) is 1.53. The number of hydrogen-bond acceptors (Lipinski definition) is 3. The van der Waals surface area contributed by atoms with Gasteiger partial charge in [0.1, 0.15) is 5.75 Å². The number of nitrogens with zero attached hydrogens (tertiary/aromatic N) is 1. The van der Waals surface area contributed by atoms with Gasteiger partial charge in [0.15, 0.2) is 5.82 Å². The van der Waals surface area contributed by atoms with Crippen LogP contribution in [0.15, 0.2) is 30.5 Å². The molecule has 5 heteroatoms. The molecule has 20 heavy (non-hydrogen) atoms. The van der Waals surface area contributed by atoms with Gasteiger partial charge in [-0.3, -0.25) is 0 Å². The first-order valence-electron chi connectivity index (χ1n) is 6.40. The Bertz CT molecular complexity index is 604. The second kappa shape index (κ2) is 6.68. The van der Waals surface area contributed by atoms with Gasteiger partial charge in [-0.2, -0.15) is 0 Å². The van der Waals surface area contributed by atoms with Crippen molar-refractivity contribution in [1.82, 2.24) is 10.3 Å². The van der Waals surface area contributed by atoms with E-state index in [9.17, 15) is 4.39 Å². The van der Waals surface area contributed by atoms with Gasteiger partial charge in [0.25, 0.3) is 5.88 Å². The molecule has 3 nitrogen and oxygen atoms in total. The average Bonchev–Trinajstić information content (AvgIpc) is 2.44. The summed E-state index contributed by atoms with van der Waals surface area (Å²) >= 11 is 5.92. The fourth-order valence-electron chi connectivity index (χ4n) is 1.72. The van der Waals surface area contributed by atoms with Crippen molar-refractivity contribution in [2.24, 2.45) is 0 Å². The van der Waals surface area contributed by atoms with Crippen LogP contribution in [0.2, 0.25) is 5.02 Å². The Morgan fingerprint density at radius 1 is 1.35 bits per heavy atom. The summed E-state index contributed by atoms with van der Waals surface area (Å²) in [6, 6.07) is 6.86. The third-order valence-corrected chi connectivity index (χ3v) is 3.09. The molecule has 2 aromatic rings. The molecule has 0 aliphatic heterocycles. The van der Waals surface area contributed by atoms with E-state index in [1.165, 1.54) is 6.20 Å². The molecule has 1 aromatic heterocycles. The Morgan fingerprint density at radius 2 is 2.15 bits per heavy atom. The SMILES string of the molecule is CCNCc1ccnc(Oc2cc(Cl)ccc2C)c1F. The van der Waals surface area contributed by atoms with E-state index in [4.69, 9.17) is 16.3 Å². The van der Waals surface area contributed by atoms with Crippen LogP contribution in [0.3, 0.4) is 0 Å². The van der Waals surface area contributed by atoms with E-state index >= 15 is 0 Å². The van der Waals surface area contributed by atoms with Crippen LogP contribution in [0.1, 0.15) is 18.1 Å². The van der Waals surface area contributed by atoms with Crippen LogP contribution in [-0.2, 0) is 6.54 Å². The number of aromatic nitrogens is 1. The summed E-state index contributed by atoms with van der Waals surface area (Å²) in [5.41, 5.74) is 1.39. The molecule has 2 rings (SSSR count). The van der Waals surface area contributed by atoms with Gasteiger partial charge in [-0.25, -0.2) is 9.37 Å². The number of ether oxygens (including phenoxy) is 1. The molecule has 1 heterocycles. The van der Waals surface area contributed by atoms with E-state index in [0.29, 0.717) is 22.9 Å². The predicted octanol–water partition coefficient (Wildman–Crippen LogP) is 4.08. The third kappa shape index (κ3) is 3.46. The Hall–Kier alpha value is -1.65. The standard InChI is InChI=1S/C15H16ClFN2O/c1-3-18-9-11-6-7-19-15(14(11)17)20-13-8-12(16)5-4-10(13)2/h4-8,18H,3,9H2,1-2H3. The number of benzene rings is 1. The molecule has 0 unspecified atom stereocenters. The number of pyridine rings is 1. The summed E-state index contributed by atoms with van der Waals surface area (Å²) < 4.78 is 19.8. The summed E-state index contributed by atoms with van der Waals surface area (Å²) in [4.78, 5) is 3.94. The molecule has 0 aliphatic carbocycles. The lowest BCUT2D eigenvalue weighted by Gasteiger charge is -2.11. The molecule has 0 fully saturated rings. The van der Waals surface area contributed by atoms with E-state index in [2.05, 4.69) is 10.3 Å². The summed E-state index contributed by atoms with van der Waals surface area (Å²) in [5, 5.41) is 3.61. The van der Waals surface area contributed by atoms with Gasteiger partial charge in [0.2, 0.25) is 0 Å². The lowest BCUT2D eigenvalue weighted by atomic mass is 10.2. The Morgan fingerprint density at radius 3 is 2.90 bits per heavy atom. The van der Waals surface area contributed by atoms with Gasteiger partial charge < -0.3 is 10.1 Å². The van der Waals surface area contributed by atoms with Crippen molar-refractivity contribution in [3.8, 4) is 11.6 Å². The average molecular weight is 295 g/mol. The highest BCUT2D eigenvalue weighted by atomic mass is 35.5. The monoisotopic (exact) mass is 294 g/mol.